The third-order valence-corrected chi connectivity index (χ3v) is 4.70. The number of carbonyl (C=O) groups is 1. The lowest BCUT2D eigenvalue weighted by molar-refractivity contribution is -0.116. The van der Waals surface area contributed by atoms with Crippen molar-refractivity contribution in [3.63, 3.8) is 0 Å². The lowest BCUT2D eigenvalue weighted by Crippen LogP contribution is -2.38. The second-order valence-corrected chi connectivity index (χ2v) is 6.70. The van der Waals surface area contributed by atoms with E-state index in [0.717, 1.165) is 55.1 Å². The first-order chi connectivity index (χ1) is 12.2. The van der Waals surface area contributed by atoms with Crippen LogP contribution >= 0.6 is 11.5 Å². The third-order valence-electron chi connectivity index (χ3n) is 3.94. The molecule has 0 bridgehead atoms. The van der Waals surface area contributed by atoms with E-state index in [9.17, 15) is 4.79 Å². The summed E-state index contributed by atoms with van der Waals surface area (Å²) in [4.78, 5) is 18.7. The van der Waals surface area contributed by atoms with E-state index in [1.165, 1.54) is 11.5 Å². The first kappa shape index (κ1) is 17.8. The van der Waals surface area contributed by atoms with Gasteiger partial charge in [0.05, 0.1) is 13.2 Å². The maximum absolute atomic E-state index is 12.1. The molecule has 0 unspecified atom stereocenters. The summed E-state index contributed by atoms with van der Waals surface area (Å²) in [6.45, 7) is 6.60. The molecule has 0 radical (unpaired) electrons. The molecule has 3 rings (SSSR count). The molecule has 8 heteroatoms. The Morgan fingerprint density at radius 1 is 1.36 bits per heavy atom. The molecular formula is C17H23N5O2S. The zero-order valence-electron chi connectivity index (χ0n) is 14.3. The van der Waals surface area contributed by atoms with Gasteiger partial charge in [-0.1, -0.05) is 12.1 Å². The molecule has 2 heterocycles. The minimum atomic E-state index is 0.0383. The molecule has 134 valence electrons. The van der Waals surface area contributed by atoms with Crippen LogP contribution in [0.4, 0.5) is 10.8 Å². The number of ether oxygens (including phenoxy) is 1. The van der Waals surface area contributed by atoms with Crippen LogP contribution in [0, 0.1) is 6.92 Å². The molecule has 2 N–H and O–H groups in total. The van der Waals surface area contributed by atoms with Crippen LogP contribution in [-0.2, 0) is 16.1 Å². The summed E-state index contributed by atoms with van der Waals surface area (Å²) in [5.41, 5.74) is 1.90. The van der Waals surface area contributed by atoms with Gasteiger partial charge in [-0.3, -0.25) is 9.69 Å². The van der Waals surface area contributed by atoms with Crippen molar-refractivity contribution in [1.29, 1.82) is 0 Å². The molecule has 25 heavy (non-hydrogen) atoms. The number of nitrogens with one attached hydrogen (secondary N) is 2. The van der Waals surface area contributed by atoms with E-state index in [-0.39, 0.29) is 5.91 Å². The lowest BCUT2D eigenvalue weighted by atomic mass is 10.2. The molecule has 1 saturated heterocycles. The summed E-state index contributed by atoms with van der Waals surface area (Å²) in [5, 5.41) is 7.02. The monoisotopic (exact) mass is 361 g/mol. The van der Waals surface area contributed by atoms with Crippen molar-refractivity contribution in [2.24, 2.45) is 0 Å². The van der Waals surface area contributed by atoms with E-state index in [4.69, 9.17) is 4.74 Å². The Morgan fingerprint density at radius 3 is 2.96 bits per heavy atom. The molecule has 2 aromatic rings. The topological polar surface area (TPSA) is 79.4 Å². The number of anilines is 2. The van der Waals surface area contributed by atoms with Crippen LogP contribution in [0.25, 0.3) is 0 Å². The molecule has 7 nitrogen and oxygen atoms in total. The summed E-state index contributed by atoms with van der Waals surface area (Å²) in [5.74, 6) is 0.810. The molecule has 1 fully saturated rings. The number of amides is 1. The average molecular weight is 361 g/mol. The Labute approximate surface area is 151 Å². The highest BCUT2D eigenvalue weighted by Crippen LogP contribution is 2.15. The summed E-state index contributed by atoms with van der Waals surface area (Å²) in [6, 6.07) is 7.85. The Bertz CT molecular complexity index is 700. The normalized spacial score (nSPS) is 15.1. The molecule has 1 aromatic heterocycles. The lowest BCUT2D eigenvalue weighted by Gasteiger charge is -2.26. The van der Waals surface area contributed by atoms with E-state index in [1.807, 2.05) is 31.2 Å². The van der Waals surface area contributed by atoms with Gasteiger partial charge in [-0.2, -0.15) is 4.37 Å². The van der Waals surface area contributed by atoms with Gasteiger partial charge in [0.15, 0.2) is 0 Å². The second-order valence-electron chi connectivity index (χ2n) is 5.95. The smallest absolute Gasteiger partial charge is 0.225 e. The molecular weight excluding hydrogens is 338 g/mol. The molecule has 1 aromatic carbocycles. The Balaban J connectivity index is 1.46. The molecule has 0 saturated carbocycles. The van der Waals surface area contributed by atoms with E-state index in [0.29, 0.717) is 13.0 Å². The van der Waals surface area contributed by atoms with Gasteiger partial charge < -0.3 is 15.4 Å². The Hall–Kier alpha value is -2.03. The molecule has 0 spiro atoms. The summed E-state index contributed by atoms with van der Waals surface area (Å²) >= 11 is 1.35. The highest BCUT2D eigenvalue weighted by atomic mass is 32.1. The van der Waals surface area contributed by atoms with Gasteiger partial charge in [-0.15, -0.1) is 0 Å². The fourth-order valence-corrected chi connectivity index (χ4v) is 3.18. The summed E-state index contributed by atoms with van der Waals surface area (Å²) in [6.07, 6.45) is 0.493. The highest BCUT2D eigenvalue weighted by Gasteiger charge is 2.12. The van der Waals surface area contributed by atoms with Crippen molar-refractivity contribution >= 4 is 28.3 Å². The molecule has 1 amide bonds. The number of aryl methyl sites for hydroxylation is 1. The van der Waals surface area contributed by atoms with Crippen LogP contribution < -0.4 is 10.6 Å². The van der Waals surface area contributed by atoms with Crippen molar-refractivity contribution in [2.45, 2.75) is 19.9 Å². The van der Waals surface area contributed by atoms with Crippen LogP contribution in [0.1, 0.15) is 17.8 Å². The van der Waals surface area contributed by atoms with Gasteiger partial charge in [0, 0.05) is 49.8 Å². The number of hydrogen-bond donors (Lipinski definition) is 2. The maximum atomic E-state index is 12.1. The SMILES string of the molecule is Cc1nsc(NCc2cccc(NC(=O)CCN3CCOCC3)c2)n1. The van der Waals surface area contributed by atoms with Crippen LogP contribution in [-0.4, -0.2) is 53.0 Å². The largest absolute Gasteiger partial charge is 0.379 e. The standard InChI is InChI=1S/C17H23N5O2S/c1-13-19-17(25-21-13)18-12-14-3-2-4-15(11-14)20-16(23)5-6-22-7-9-24-10-8-22/h2-4,11H,5-10,12H2,1H3,(H,20,23)(H,18,19,21). The minimum Gasteiger partial charge on any atom is -0.379 e. The van der Waals surface area contributed by atoms with Crippen molar-refractivity contribution in [1.82, 2.24) is 14.3 Å². The van der Waals surface area contributed by atoms with E-state index in [2.05, 4.69) is 24.9 Å². The average Bonchev–Trinajstić information content (AvgIpc) is 3.05. The number of carbonyl (C=O) groups excluding carboxylic acids is 1. The van der Waals surface area contributed by atoms with E-state index >= 15 is 0 Å². The third kappa shape index (κ3) is 5.77. The first-order valence-electron chi connectivity index (χ1n) is 8.42. The number of rotatable bonds is 7. The van der Waals surface area contributed by atoms with Crippen molar-refractivity contribution in [3.05, 3.63) is 35.7 Å². The van der Waals surface area contributed by atoms with Crippen molar-refractivity contribution in [3.8, 4) is 0 Å². The van der Waals surface area contributed by atoms with Crippen LogP contribution in [0.2, 0.25) is 0 Å². The van der Waals surface area contributed by atoms with E-state index < -0.39 is 0 Å². The van der Waals surface area contributed by atoms with Gasteiger partial charge in [0.1, 0.15) is 5.82 Å². The minimum absolute atomic E-state index is 0.0383. The Kier molecular flexibility index (Phi) is 6.32. The molecule has 0 aliphatic carbocycles. The fourth-order valence-electron chi connectivity index (χ4n) is 2.61. The van der Waals surface area contributed by atoms with Crippen LogP contribution in [0.15, 0.2) is 24.3 Å². The zero-order valence-corrected chi connectivity index (χ0v) is 15.1. The number of morpholine rings is 1. The number of benzene rings is 1. The zero-order chi connectivity index (χ0) is 17.5. The summed E-state index contributed by atoms with van der Waals surface area (Å²) in [7, 11) is 0. The number of nitrogens with zero attached hydrogens (tertiary/aromatic N) is 3. The van der Waals surface area contributed by atoms with Crippen molar-refractivity contribution < 1.29 is 9.53 Å². The van der Waals surface area contributed by atoms with Gasteiger partial charge in [0.2, 0.25) is 11.0 Å². The molecule has 0 atom stereocenters. The number of aromatic nitrogens is 2. The van der Waals surface area contributed by atoms with Crippen LogP contribution in [0.3, 0.4) is 0 Å². The quantitative estimate of drug-likeness (QED) is 0.786. The van der Waals surface area contributed by atoms with Gasteiger partial charge in [-0.05, 0) is 24.6 Å². The predicted molar refractivity (Wildman–Crippen MR) is 98.9 cm³/mol. The molecule has 1 aliphatic heterocycles. The van der Waals surface area contributed by atoms with Gasteiger partial charge in [0.25, 0.3) is 0 Å². The fraction of sp³-hybridized carbons (Fsp3) is 0.471. The number of hydrogen-bond acceptors (Lipinski definition) is 7. The maximum Gasteiger partial charge on any atom is 0.225 e. The highest BCUT2D eigenvalue weighted by molar-refractivity contribution is 7.09. The predicted octanol–water partition coefficient (Wildman–Crippen LogP) is 2.12. The van der Waals surface area contributed by atoms with Crippen molar-refractivity contribution in [2.75, 3.05) is 43.5 Å². The van der Waals surface area contributed by atoms with E-state index in [1.54, 1.807) is 0 Å². The second kappa shape index (κ2) is 8.89. The van der Waals surface area contributed by atoms with Gasteiger partial charge in [-0.25, -0.2) is 4.98 Å². The Morgan fingerprint density at radius 2 is 2.20 bits per heavy atom. The first-order valence-corrected chi connectivity index (χ1v) is 9.19. The van der Waals surface area contributed by atoms with Crippen LogP contribution in [0.5, 0.6) is 0 Å². The summed E-state index contributed by atoms with van der Waals surface area (Å²) < 4.78 is 9.46. The molecule has 1 aliphatic rings. The van der Waals surface area contributed by atoms with Gasteiger partial charge >= 0.3 is 0 Å².